The van der Waals surface area contributed by atoms with Gasteiger partial charge < -0.3 is 9.47 Å². The first-order valence-corrected chi connectivity index (χ1v) is 9.55. The molecule has 9 heteroatoms. The number of rotatable bonds is 7. The first-order chi connectivity index (χ1) is 13.4. The zero-order valence-electron chi connectivity index (χ0n) is 14.7. The van der Waals surface area contributed by atoms with Gasteiger partial charge in [0.1, 0.15) is 24.0 Å². The maximum atomic E-state index is 13.3. The summed E-state index contributed by atoms with van der Waals surface area (Å²) in [6.45, 7) is -0.169. The number of aromatic nitrogens is 1. The second-order valence-corrected chi connectivity index (χ2v) is 7.38. The molecule has 1 aromatic heterocycles. The molecule has 0 radical (unpaired) electrons. The summed E-state index contributed by atoms with van der Waals surface area (Å²) >= 11 is 0. The van der Waals surface area contributed by atoms with E-state index in [-0.39, 0.29) is 28.6 Å². The van der Waals surface area contributed by atoms with Gasteiger partial charge in [-0.15, -0.1) is 0 Å². The molecule has 3 rings (SSSR count). The van der Waals surface area contributed by atoms with E-state index in [2.05, 4.69) is 9.71 Å². The molecule has 28 heavy (non-hydrogen) atoms. The molecule has 0 saturated heterocycles. The Morgan fingerprint density at radius 2 is 1.71 bits per heavy atom. The molecular weight excluding hydrogens is 390 g/mol. The lowest BCUT2D eigenvalue weighted by atomic mass is 10.2. The number of nitrogens with zero attached hydrogens (tertiary/aromatic N) is 1. The Balaban J connectivity index is 1.79. The van der Waals surface area contributed by atoms with Gasteiger partial charge >= 0.3 is 0 Å². The van der Waals surface area contributed by atoms with Gasteiger partial charge in [-0.3, -0.25) is 4.72 Å². The van der Waals surface area contributed by atoms with Crippen molar-refractivity contribution in [1.29, 1.82) is 0 Å². The number of hydrogen-bond donors (Lipinski definition) is 1. The van der Waals surface area contributed by atoms with E-state index in [1.807, 2.05) is 0 Å². The minimum atomic E-state index is -3.93. The van der Waals surface area contributed by atoms with Crippen LogP contribution in [-0.4, -0.2) is 20.5 Å². The highest BCUT2D eigenvalue weighted by Gasteiger charge is 2.18. The minimum Gasteiger partial charge on any atom is -0.497 e. The first-order valence-electron chi connectivity index (χ1n) is 8.07. The molecule has 1 N–H and O–H groups in total. The standard InChI is InChI=1S/C19H16F2N2O4S/c1-26-16-4-6-17(7-5-16)28(24,25)23-19-18(3-2-8-22-19)27-12-13-9-14(20)11-15(21)10-13/h2-11H,12H2,1H3,(H,22,23). The molecule has 0 spiro atoms. The lowest BCUT2D eigenvalue weighted by molar-refractivity contribution is 0.305. The number of pyridine rings is 1. The van der Waals surface area contributed by atoms with Crippen molar-refractivity contribution in [2.75, 3.05) is 11.8 Å². The third-order valence-electron chi connectivity index (χ3n) is 3.69. The van der Waals surface area contributed by atoms with Gasteiger partial charge in [0.25, 0.3) is 10.0 Å². The van der Waals surface area contributed by atoms with Gasteiger partial charge in [-0.25, -0.2) is 22.2 Å². The summed E-state index contributed by atoms with van der Waals surface area (Å²) < 4.78 is 64.6. The van der Waals surface area contributed by atoms with Gasteiger partial charge in [0.15, 0.2) is 11.6 Å². The van der Waals surface area contributed by atoms with E-state index in [9.17, 15) is 17.2 Å². The number of ether oxygens (including phenoxy) is 2. The third-order valence-corrected chi connectivity index (χ3v) is 5.04. The molecule has 0 bridgehead atoms. The molecule has 146 valence electrons. The number of methoxy groups -OCH3 is 1. The van der Waals surface area contributed by atoms with Crippen LogP contribution in [0.15, 0.2) is 65.7 Å². The van der Waals surface area contributed by atoms with Crippen molar-refractivity contribution in [3.63, 3.8) is 0 Å². The number of halogens is 2. The highest BCUT2D eigenvalue weighted by Crippen LogP contribution is 2.26. The van der Waals surface area contributed by atoms with E-state index >= 15 is 0 Å². The number of nitrogens with one attached hydrogen (secondary N) is 1. The fourth-order valence-corrected chi connectivity index (χ4v) is 3.40. The Bertz CT molecular complexity index is 1050. The molecule has 0 amide bonds. The predicted molar refractivity (Wildman–Crippen MR) is 98.7 cm³/mol. The fraction of sp³-hybridized carbons (Fsp3) is 0.105. The summed E-state index contributed by atoms with van der Waals surface area (Å²) in [6, 6.07) is 11.9. The molecule has 0 saturated carbocycles. The summed E-state index contributed by atoms with van der Waals surface area (Å²) in [4.78, 5) is 3.99. The summed E-state index contributed by atoms with van der Waals surface area (Å²) in [5.41, 5.74) is 0.255. The molecule has 0 atom stereocenters. The third kappa shape index (κ3) is 4.74. The Labute approximate surface area is 160 Å². The molecule has 0 fully saturated rings. The molecule has 0 unspecified atom stereocenters. The SMILES string of the molecule is COc1ccc(S(=O)(=O)Nc2ncccc2OCc2cc(F)cc(F)c2)cc1. The van der Waals surface area contributed by atoms with Gasteiger partial charge in [0.05, 0.1) is 12.0 Å². The molecule has 2 aromatic carbocycles. The van der Waals surface area contributed by atoms with Crippen LogP contribution in [-0.2, 0) is 16.6 Å². The maximum Gasteiger partial charge on any atom is 0.263 e. The van der Waals surface area contributed by atoms with Crippen LogP contribution in [0.3, 0.4) is 0 Å². The van der Waals surface area contributed by atoms with Crippen molar-refractivity contribution in [1.82, 2.24) is 4.98 Å². The summed E-state index contributed by atoms with van der Waals surface area (Å²) in [5, 5.41) is 0. The molecule has 1 heterocycles. The first kappa shape index (κ1) is 19.6. The second-order valence-electron chi connectivity index (χ2n) is 5.70. The smallest absolute Gasteiger partial charge is 0.263 e. The van der Waals surface area contributed by atoms with Crippen LogP contribution in [0.2, 0.25) is 0 Å². The molecule has 0 aliphatic heterocycles. The molecule has 0 aliphatic carbocycles. The van der Waals surface area contributed by atoms with E-state index in [0.717, 1.165) is 18.2 Å². The molecule has 3 aromatic rings. The van der Waals surface area contributed by atoms with Crippen LogP contribution >= 0.6 is 0 Å². The fourth-order valence-electron chi connectivity index (χ4n) is 2.38. The van der Waals surface area contributed by atoms with Crippen LogP contribution in [0.1, 0.15) is 5.56 Å². The van der Waals surface area contributed by atoms with Crippen molar-refractivity contribution >= 4 is 15.8 Å². The highest BCUT2D eigenvalue weighted by atomic mass is 32.2. The van der Waals surface area contributed by atoms with Gasteiger partial charge in [0, 0.05) is 12.3 Å². The summed E-state index contributed by atoms with van der Waals surface area (Å²) in [6.07, 6.45) is 1.39. The van der Waals surface area contributed by atoms with Crippen molar-refractivity contribution in [3.8, 4) is 11.5 Å². The predicted octanol–water partition coefficient (Wildman–Crippen LogP) is 3.75. The lowest BCUT2D eigenvalue weighted by Crippen LogP contribution is -2.15. The highest BCUT2D eigenvalue weighted by molar-refractivity contribution is 7.92. The van der Waals surface area contributed by atoms with Crippen LogP contribution < -0.4 is 14.2 Å². The average Bonchev–Trinajstić information content (AvgIpc) is 2.66. The molecular formula is C19H16F2N2O4S. The number of benzene rings is 2. The van der Waals surface area contributed by atoms with Crippen molar-refractivity contribution in [2.45, 2.75) is 11.5 Å². The maximum absolute atomic E-state index is 13.3. The second kappa shape index (κ2) is 8.22. The zero-order chi connectivity index (χ0) is 20.1. The Morgan fingerprint density at radius 1 is 1.04 bits per heavy atom. The van der Waals surface area contributed by atoms with E-state index in [4.69, 9.17) is 9.47 Å². The van der Waals surface area contributed by atoms with Crippen LogP contribution in [0.5, 0.6) is 11.5 Å². The summed E-state index contributed by atoms with van der Waals surface area (Å²) in [7, 11) is -2.45. The van der Waals surface area contributed by atoms with Crippen LogP contribution in [0.4, 0.5) is 14.6 Å². The topological polar surface area (TPSA) is 77.5 Å². The Morgan fingerprint density at radius 3 is 2.36 bits per heavy atom. The quantitative estimate of drug-likeness (QED) is 0.647. The van der Waals surface area contributed by atoms with Gasteiger partial charge in [-0.2, -0.15) is 0 Å². The van der Waals surface area contributed by atoms with Gasteiger partial charge in [0.2, 0.25) is 0 Å². The van der Waals surface area contributed by atoms with E-state index in [1.165, 1.54) is 43.6 Å². The Hall–Kier alpha value is -3.20. The lowest BCUT2D eigenvalue weighted by Gasteiger charge is -2.13. The monoisotopic (exact) mass is 406 g/mol. The van der Waals surface area contributed by atoms with Crippen LogP contribution in [0, 0.1) is 11.6 Å². The normalized spacial score (nSPS) is 11.1. The number of sulfonamides is 1. The minimum absolute atomic E-state index is 0.0112. The van der Waals surface area contributed by atoms with Gasteiger partial charge in [-0.05, 0) is 54.1 Å². The largest absolute Gasteiger partial charge is 0.497 e. The molecule has 6 nitrogen and oxygen atoms in total. The van der Waals surface area contributed by atoms with Crippen molar-refractivity contribution < 1.29 is 26.7 Å². The summed E-state index contributed by atoms with van der Waals surface area (Å²) in [5.74, 6) is -0.877. The number of anilines is 1. The van der Waals surface area contributed by atoms with Crippen LogP contribution in [0.25, 0.3) is 0 Å². The van der Waals surface area contributed by atoms with E-state index < -0.39 is 21.7 Å². The molecule has 0 aliphatic rings. The number of hydrogen-bond acceptors (Lipinski definition) is 5. The van der Waals surface area contributed by atoms with Crippen molar-refractivity contribution in [3.05, 3.63) is 78.0 Å². The average molecular weight is 406 g/mol. The zero-order valence-corrected chi connectivity index (χ0v) is 15.5. The van der Waals surface area contributed by atoms with E-state index in [0.29, 0.717) is 5.75 Å². The Kier molecular flexibility index (Phi) is 5.74. The van der Waals surface area contributed by atoms with Gasteiger partial charge in [-0.1, -0.05) is 0 Å². The van der Waals surface area contributed by atoms with E-state index in [1.54, 1.807) is 6.07 Å². The van der Waals surface area contributed by atoms with Crippen molar-refractivity contribution in [2.24, 2.45) is 0 Å².